The summed E-state index contributed by atoms with van der Waals surface area (Å²) in [6, 6.07) is 18.0. The number of halogens is 1. The van der Waals surface area contributed by atoms with Crippen molar-refractivity contribution in [2.75, 3.05) is 12.4 Å². The van der Waals surface area contributed by atoms with E-state index in [1.54, 1.807) is 44.0 Å². The summed E-state index contributed by atoms with van der Waals surface area (Å²) in [6.07, 6.45) is 2.39. The number of carbonyl (C=O) groups is 1. The predicted octanol–water partition coefficient (Wildman–Crippen LogP) is 6.23. The van der Waals surface area contributed by atoms with E-state index in [-0.39, 0.29) is 17.8 Å². The van der Waals surface area contributed by atoms with Gasteiger partial charge in [0.1, 0.15) is 17.3 Å². The first-order valence-corrected chi connectivity index (χ1v) is 11.1. The van der Waals surface area contributed by atoms with E-state index < -0.39 is 0 Å². The highest BCUT2D eigenvalue weighted by Gasteiger charge is 2.25. The maximum absolute atomic E-state index is 13.5. The largest absolute Gasteiger partial charge is 0.497 e. The van der Waals surface area contributed by atoms with E-state index in [4.69, 9.17) is 9.47 Å². The summed E-state index contributed by atoms with van der Waals surface area (Å²) in [5, 5.41) is 2.84. The molecule has 3 aromatic rings. The van der Waals surface area contributed by atoms with Crippen molar-refractivity contribution in [2.45, 2.75) is 36.5 Å². The molecule has 6 heteroatoms. The Balaban J connectivity index is 1.51. The van der Waals surface area contributed by atoms with Gasteiger partial charge in [0, 0.05) is 17.0 Å². The first kappa shape index (κ1) is 21.2. The standard InChI is InChI=1S/C25H24FNO3S/c1-16-13-19(6-11-22(16)26)27-25(28)18-5-12-23(30-21-9-10-21)24(14-18)31-15-17-3-7-20(29-2)8-4-17/h3-8,11-14,21H,9-10,15H2,1-2H3,(H,27,28). The molecule has 0 spiro atoms. The van der Waals surface area contributed by atoms with E-state index in [1.807, 2.05) is 36.4 Å². The minimum absolute atomic E-state index is 0.240. The molecule has 0 saturated heterocycles. The maximum atomic E-state index is 13.5. The van der Waals surface area contributed by atoms with Crippen molar-refractivity contribution in [1.82, 2.24) is 0 Å². The number of hydrogen-bond donors (Lipinski definition) is 1. The van der Waals surface area contributed by atoms with Crippen molar-refractivity contribution in [2.24, 2.45) is 0 Å². The third-order valence-corrected chi connectivity index (χ3v) is 6.10. The van der Waals surface area contributed by atoms with Gasteiger partial charge in [-0.25, -0.2) is 4.39 Å². The topological polar surface area (TPSA) is 47.6 Å². The lowest BCUT2D eigenvalue weighted by Gasteiger charge is -2.13. The number of benzene rings is 3. The van der Waals surface area contributed by atoms with Crippen LogP contribution in [0.25, 0.3) is 0 Å². The van der Waals surface area contributed by atoms with Crippen LogP contribution in [0.15, 0.2) is 65.6 Å². The van der Waals surface area contributed by atoms with Gasteiger partial charge in [-0.1, -0.05) is 12.1 Å². The molecular formula is C25H24FNO3S. The van der Waals surface area contributed by atoms with Gasteiger partial charge in [-0.2, -0.15) is 0 Å². The lowest BCUT2D eigenvalue weighted by atomic mass is 10.1. The fourth-order valence-corrected chi connectivity index (χ4v) is 4.02. The van der Waals surface area contributed by atoms with Crippen molar-refractivity contribution < 1.29 is 18.7 Å². The number of hydrogen-bond acceptors (Lipinski definition) is 4. The van der Waals surface area contributed by atoms with Crippen LogP contribution >= 0.6 is 11.8 Å². The molecule has 160 valence electrons. The van der Waals surface area contributed by atoms with E-state index in [9.17, 15) is 9.18 Å². The zero-order chi connectivity index (χ0) is 21.8. The van der Waals surface area contributed by atoms with Gasteiger partial charge < -0.3 is 14.8 Å². The van der Waals surface area contributed by atoms with Crippen molar-refractivity contribution in [3.8, 4) is 11.5 Å². The number of rotatable bonds is 8. The van der Waals surface area contributed by atoms with Crippen molar-refractivity contribution in [1.29, 1.82) is 0 Å². The van der Waals surface area contributed by atoms with Gasteiger partial charge in [-0.15, -0.1) is 11.8 Å². The van der Waals surface area contributed by atoms with Crippen LogP contribution in [0, 0.1) is 12.7 Å². The van der Waals surface area contributed by atoms with Crippen LogP contribution in [0.3, 0.4) is 0 Å². The number of ether oxygens (including phenoxy) is 2. The Morgan fingerprint density at radius 1 is 1.10 bits per heavy atom. The summed E-state index contributed by atoms with van der Waals surface area (Å²) in [5.41, 5.74) is 2.73. The summed E-state index contributed by atoms with van der Waals surface area (Å²) >= 11 is 1.63. The average molecular weight is 438 g/mol. The smallest absolute Gasteiger partial charge is 0.255 e. The minimum Gasteiger partial charge on any atom is -0.497 e. The Hall–Kier alpha value is -2.99. The fourth-order valence-electron chi connectivity index (χ4n) is 3.03. The molecule has 0 bridgehead atoms. The van der Waals surface area contributed by atoms with Gasteiger partial charge in [0.25, 0.3) is 5.91 Å². The van der Waals surface area contributed by atoms with E-state index in [2.05, 4.69) is 5.32 Å². The molecule has 0 unspecified atom stereocenters. The second kappa shape index (κ2) is 9.43. The third kappa shape index (κ3) is 5.58. The number of nitrogens with one attached hydrogen (secondary N) is 1. The van der Waals surface area contributed by atoms with Gasteiger partial charge in [0.15, 0.2) is 0 Å². The molecule has 0 radical (unpaired) electrons. The quantitative estimate of drug-likeness (QED) is 0.425. The van der Waals surface area contributed by atoms with Crippen LogP contribution < -0.4 is 14.8 Å². The second-order valence-electron chi connectivity index (χ2n) is 7.53. The zero-order valence-electron chi connectivity index (χ0n) is 17.5. The molecule has 0 atom stereocenters. The summed E-state index contributed by atoms with van der Waals surface area (Å²) in [6.45, 7) is 1.67. The first-order valence-electron chi connectivity index (χ1n) is 10.2. The zero-order valence-corrected chi connectivity index (χ0v) is 18.3. The number of methoxy groups -OCH3 is 1. The van der Waals surface area contributed by atoms with E-state index in [1.165, 1.54) is 6.07 Å². The van der Waals surface area contributed by atoms with Crippen LogP contribution in [0.4, 0.5) is 10.1 Å². The molecule has 1 fully saturated rings. The van der Waals surface area contributed by atoms with Gasteiger partial charge in [0.2, 0.25) is 0 Å². The SMILES string of the molecule is COc1ccc(CSc2cc(C(=O)Nc3ccc(F)c(C)c3)ccc2OC2CC2)cc1. The number of aryl methyl sites for hydroxylation is 1. The molecule has 0 heterocycles. The molecule has 1 N–H and O–H groups in total. The molecule has 31 heavy (non-hydrogen) atoms. The highest BCUT2D eigenvalue weighted by molar-refractivity contribution is 7.98. The minimum atomic E-state index is -0.295. The van der Waals surface area contributed by atoms with Crippen LogP contribution in [0.1, 0.15) is 34.3 Å². The first-order chi connectivity index (χ1) is 15.0. The van der Waals surface area contributed by atoms with Gasteiger partial charge in [-0.3, -0.25) is 4.79 Å². The number of thioether (sulfide) groups is 1. The monoisotopic (exact) mass is 437 g/mol. The molecule has 1 amide bonds. The normalized spacial score (nSPS) is 13.0. The molecule has 1 saturated carbocycles. The van der Waals surface area contributed by atoms with E-state index in [0.717, 1.165) is 40.6 Å². The van der Waals surface area contributed by atoms with Gasteiger partial charge in [-0.05, 0) is 79.4 Å². The lowest BCUT2D eigenvalue weighted by molar-refractivity contribution is 0.102. The second-order valence-corrected chi connectivity index (χ2v) is 8.55. The van der Waals surface area contributed by atoms with Gasteiger partial charge >= 0.3 is 0 Å². The van der Waals surface area contributed by atoms with Crippen LogP contribution in [0.5, 0.6) is 11.5 Å². The van der Waals surface area contributed by atoms with E-state index >= 15 is 0 Å². The van der Waals surface area contributed by atoms with Gasteiger partial charge in [0.05, 0.1) is 18.1 Å². The van der Waals surface area contributed by atoms with Crippen molar-refractivity contribution in [3.63, 3.8) is 0 Å². The Labute approximate surface area is 185 Å². The molecule has 4 rings (SSSR count). The maximum Gasteiger partial charge on any atom is 0.255 e. The summed E-state index contributed by atoms with van der Waals surface area (Å²) in [4.78, 5) is 13.7. The molecule has 1 aliphatic rings. The highest BCUT2D eigenvalue weighted by atomic mass is 32.2. The molecular weight excluding hydrogens is 413 g/mol. The highest BCUT2D eigenvalue weighted by Crippen LogP contribution is 2.37. The Bertz CT molecular complexity index is 1080. The Morgan fingerprint density at radius 3 is 2.55 bits per heavy atom. The number of carbonyl (C=O) groups excluding carboxylic acids is 1. The Morgan fingerprint density at radius 2 is 1.87 bits per heavy atom. The third-order valence-electron chi connectivity index (χ3n) is 4.99. The molecule has 4 nitrogen and oxygen atoms in total. The average Bonchev–Trinajstić information content (AvgIpc) is 3.60. The van der Waals surface area contributed by atoms with E-state index in [0.29, 0.717) is 16.8 Å². The van der Waals surface area contributed by atoms with Crippen LogP contribution in [-0.2, 0) is 5.75 Å². The Kier molecular flexibility index (Phi) is 6.47. The molecule has 1 aliphatic carbocycles. The summed E-state index contributed by atoms with van der Waals surface area (Å²) in [7, 11) is 1.65. The number of anilines is 1. The fraction of sp³-hybridized carbons (Fsp3) is 0.240. The molecule has 0 aliphatic heterocycles. The number of amides is 1. The molecule has 0 aromatic heterocycles. The van der Waals surface area contributed by atoms with Crippen LogP contribution in [0.2, 0.25) is 0 Å². The summed E-state index contributed by atoms with van der Waals surface area (Å²) < 4.78 is 24.8. The summed E-state index contributed by atoms with van der Waals surface area (Å²) in [5.74, 6) is 1.83. The lowest BCUT2D eigenvalue weighted by Crippen LogP contribution is -2.12. The van der Waals surface area contributed by atoms with Crippen molar-refractivity contribution >= 4 is 23.4 Å². The van der Waals surface area contributed by atoms with Crippen LogP contribution in [-0.4, -0.2) is 19.1 Å². The molecule has 3 aromatic carbocycles. The predicted molar refractivity (Wildman–Crippen MR) is 122 cm³/mol. The van der Waals surface area contributed by atoms with Crippen molar-refractivity contribution in [3.05, 3.63) is 83.2 Å².